The molecule has 1 unspecified atom stereocenters. The Morgan fingerprint density at radius 3 is 2.64 bits per heavy atom. The number of nitrogen functional groups attached to an aromatic ring is 1. The van der Waals surface area contributed by atoms with Crippen LogP contribution >= 0.6 is 24.8 Å². The number of hydrogen-bond donors (Lipinski definition) is 2. The lowest BCUT2D eigenvalue weighted by atomic mass is 9.87. The van der Waals surface area contributed by atoms with Crippen LogP contribution in [0.1, 0.15) is 58.8 Å². The minimum absolute atomic E-state index is 0. The third-order valence-electron chi connectivity index (χ3n) is 5.58. The Kier molecular flexibility index (Phi) is 8.17. The number of anilines is 1. The fourth-order valence-corrected chi connectivity index (χ4v) is 4.24. The maximum Gasteiger partial charge on any atom is 0.251 e. The number of nitrogens with one attached hydrogen (secondary N) is 1. The number of likely N-dealkylation sites (tertiary alicyclic amines) is 1. The predicted octanol–water partition coefficient (Wildman–Crippen LogP) is 4.52. The maximum absolute atomic E-state index is 12.8. The highest BCUT2D eigenvalue weighted by Gasteiger charge is 2.22. The normalized spacial score (nSPS) is 18.5. The van der Waals surface area contributed by atoms with Gasteiger partial charge in [-0.2, -0.15) is 0 Å². The van der Waals surface area contributed by atoms with Gasteiger partial charge >= 0.3 is 0 Å². The van der Waals surface area contributed by atoms with Crippen LogP contribution in [-0.2, 0) is 13.0 Å². The van der Waals surface area contributed by atoms with Crippen molar-refractivity contribution >= 4 is 36.4 Å². The Labute approximate surface area is 179 Å². The number of nitrogens with two attached hydrogens (primary N) is 1. The monoisotopic (exact) mass is 421 g/mol. The van der Waals surface area contributed by atoms with Gasteiger partial charge in [-0.3, -0.25) is 9.69 Å². The fraction of sp³-hybridized carbons (Fsp3) is 0.409. The molecule has 2 aliphatic rings. The predicted molar refractivity (Wildman–Crippen MR) is 119 cm³/mol. The van der Waals surface area contributed by atoms with Crippen LogP contribution in [0.3, 0.4) is 0 Å². The first kappa shape index (κ1) is 22.5. The molecule has 3 N–H and O–H groups in total. The van der Waals surface area contributed by atoms with Gasteiger partial charge in [0.1, 0.15) is 0 Å². The van der Waals surface area contributed by atoms with Crippen LogP contribution in [0.15, 0.2) is 42.5 Å². The molecule has 1 saturated heterocycles. The number of nitrogens with zero attached hydrogens (tertiary/aromatic N) is 1. The fourth-order valence-electron chi connectivity index (χ4n) is 4.24. The summed E-state index contributed by atoms with van der Waals surface area (Å²) in [6, 6.07) is 14.2. The Balaban J connectivity index is 0.00000140. The van der Waals surface area contributed by atoms with E-state index in [2.05, 4.69) is 22.3 Å². The number of aryl methyl sites for hydroxylation is 1. The number of rotatable bonds is 4. The van der Waals surface area contributed by atoms with E-state index < -0.39 is 0 Å². The van der Waals surface area contributed by atoms with Crippen molar-refractivity contribution in [2.24, 2.45) is 0 Å². The van der Waals surface area contributed by atoms with E-state index in [0.29, 0.717) is 0 Å². The Morgan fingerprint density at radius 2 is 1.86 bits per heavy atom. The van der Waals surface area contributed by atoms with Gasteiger partial charge in [0.25, 0.3) is 5.91 Å². The van der Waals surface area contributed by atoms with Gasteiger partial charge in [0.2, 0.25) is 0 Å². The van der Waals surface area contributed by atoms with Crippen molar-refractivity contribution in [3.63, 3.8) is 0 Å². The first-order valence-electron chi connectivity index (χ1n) is 9.69. The summed E-state index contributed by atoms with van der Waals surface area (Å²) in [5.74, 6) is 0.0166. The summed E-state index contributed by atoms with van der Waals surface area (Å²) in [5.41, 5.74) is 11.2. The lowest BCUT2D eigenvalue weighted by molar-refractivity contribution is 0.0932. The summed E-state index contributed by atoms with van der Waals surface area (Å²) >= 11 is 0. The van der Waals surface area contributed by atoms with Gasteiger partial charge < -0.3 is 11.1 Å². The van der Waals surface area contributed by atoms with Gasteiger partial charge in [0, 0.05) is 17.8 Å². The zero-order valence-electron chi connectivity index (χ0n) is 16.0. The Bertz CT molecular complexity index is 806. The highest BCUT2D eigenvalue weighted by atomic mass is 35.5. The van der Waals surface area contributed by atoms with Gasteiger partial charge in [0.15, 0.2) is 0 Å². The first-order valence-corrected chi connectivity index (χ1v) is 9.69. The molecule has 152 valence electrons. The van der Waals surface area contributed by atoms with Gasteiger partial charge in [-0.05, 0) is 86.1 Å². The zero-order chi connectivity index (χ0) is 17.9. The topological polar surface area (TPSA) is 58.4 Å². The molecular weight excluding hydrogens is 393 g/mol. The lowest BCUT2D eigenvalue weighted by Gasteiger charge is -2.27. The van der Waals surface area contributed by atoms with Crippen molar-refractivity contribution in [2.75, 3.05) is 18.8 Å². The molecule has 0 bridgehead atoms. The summed E-state index contributed by atoms with van der Waals surface area (Å²) in [7, 11) is 0. The van der Waals surface area contributed by atoms with Crippen molar-refractivity contribution in [3.05, 3.63) is 64.7 Å². The van der Waals surface area contributed by atoms with Crippen LogP contribution in [0.4, 0.5) is 5.69 Å². The largest absolute Gasteiger partial charge is 0.399 e. The van der Waals surface area contributed by atoms with Crippen LogP contribution in [0.5, 0.6) is 0 Å². The smallest absolute Gasteiger partial charge is 0.251 e. The number of carbonyl (C=O) groups is 1. The third kappa shape index (κ3) is 5.19. The highest BCUT2D eigenvalue weighted by molar-refractivity contribution is 5.94. The van der Waals surface area contributed by atoms with Crippen LogP contribution in [-0.4, -0.2) is 23.9 Å². The molecule has 0 aromatic heterocycles. The minimum atomic E-state index is 0. The molecule has 1 heterocycles. The van der Waals surface area contributed by atoms with Gasteiger partial charge in [-0.15, -0.1) is 24.8 Å². The van der Waals surface area contributed by atoms with Crippen molar-refractivity contribution in [2.45, 2.75) is 44.7 Å². The summed E-state index contributed by atoms with van der Waals surface area (Å²) in [6.07, 6.45) is 5.67. The highest BCUT2D eigenvalue weighted by Crippen LogP contribution is 2.31. The van der Waals surface area contributed by atoms with E-state index in [4.69, 9.17) is 5.73 Å². The maximum atomic E-state index is 12.8. The number of hydrogen-bond acceptors (Lipinski definition) is 3. The molecule has 2 aromatic carbocycles. The van der Waals surface area contributed by atoms with E-state index in [1.165, 1.54) is 42.6 Å². The quantitative estimate of drug-likeness (QED) is 0.713. The Hall–Kier alpha value is -1.75. The molecular formula is C22H29Cl2N3O. The lowest BCUT2D eigenvalue weighted by Crippen LogP contribution is -2.31. The number of amides is 1. The number of benzene rings is 2. The summed E-state index contributed by atoms with van der Waals surface area (Å²) in [6.45, 7) is 3.27. The van der Waals surface area contributed by atoms with E-state index in [1.807, 2.05) is 30.3 Å². The van der Waals surface area contributed by atoms with Crippen molar-refractivity contribution in [3.8, 4) is 0 Å². The molecule has 0 spiro atoms. The van der Waals surface area contributed by atoms with Crippen LogP contribution < -0.4 is 11.1 Å². The molecule has 0 saturated carbocycles. The first-order chi connectivity index (χ1) is 12.7. The molecule has 1 aliphatic heterocycles. The summed E-state index contributed by atoms with van der Waals surface area (Å²) < 4.78 is 0. The second-order valence-electron chi connectivity index (χ2n) is 7.56. The number of fused-ring (bicyclic) bond motifs is 1. The number of halogens is 2. The Morgan fingerprint density at radius 1 is 1.07 bits per heavy atom. The molecule has 4 nitrogen and oxygen atoms in total. The molecule has 2 aromatic rings. The van der Waals surface area contributed by atoms with E-state index in [9.17, 15) is 4.79 Å². The average molecular weight is 422 g/mol. The molecule has 1 amide bonds. The van der Waals surface area contributed by atoms with Crippen LogP contribution in [0, 0.1) is 0 Å². The third-order valence-corrected chi connectivity index (χ3v) is 5.58. The second kappa shape index (κ2) is 10.1. The molecule has 28 heavy (non-hydrogen) atoms. The molecule has 6 heteroatoms. The van der Waals surface area contributed by atoms with Crippen LogP contribution in [0.25, 0.3) is 0 Å². The van der Waals surface area contributed by atoms with Crippen molar-refractivity contribution in [1.82, 2.24) is 10.2 Å². The molecule has 0 radical (unpaired) electrons. The summed E-state index contributed by atoms with van der Waals surface area (Å²) in [4.78, 5) is 15.3. The summed E-state index contributed by atoms with van der Waals surface area (Å²) in [5, 5.41) is 3.24. The number of carbonyl (C=O) groups excluding carboxylic acids is 1. The molecule has 1 atom stereocenters. The van der Waals surface area contributed by atoms with Gasteiger partial charge in [0.05, 0.1) is 6.04 Å². The van der Waals surface area contributed by atoms with Crippen molar-refractivity contribution < 1.29 is 4.79 Å². The standard InChI is InChI=1S/C22H27N3O.2ClH/c23-19-9-10-20-17(14-19)6-4-8-21(20)24-22(26)18-7-3-5-16(13-18)15-25-11-1-2-12-25;;/h3,5,7,9-10,13-14,21H,1-2,4,6,8,11-12,15,23H2,(H,24,26);2*1H. The van der Waals surface area contributed by atoms with Gasteiger partial charge in [-0.1, -0.05) is 18.2 Å². The van der Waals surface area contributed by atoms with E-state index in [1.54, 1.807) is 0 Å². The van der Waals surface area contributed by atoms with E-state index >= 15 is 0 Å². The molecule has 1 fully saturated rings. The molecule has 4 rings (SSSR count). The average Bonchev–Trinajstić information content (AvgIpc) is 3.15. The van der Waals surface area contributed by atoms with E-state index in [0.717, 1.165) is 37.1 Å². The SMILES string of the molecule is Cl.Cl.Nc1ccc2c(c1)CCCC2NC(=O)c1cccc(CN2CCCC2)c1. The molecule has 1 aliphatic carbocycles. The zero-order valence-corrected chi connectivity index (χ0v) is 17.7. The van der Waals surface area contributed by atoms with Crippen LogP contribution in [0.2, 0.25) is 0 Å². The second-order valence-corrected chi connectivity index (χ2v) is 7.56. The van der Waals surface area contributed by atoms with Crippen molar-refractivity contribution in [1.29, 1.82) is 0 Å². The van der Waals surface area contributed by atoms with E-state index in [-0.39, 0.29) is 36.8 Å². The minimum Gasteiger partial charge on any atom is -0.399 e. The van der Waals surface area contributed by atoms with Gasteiger partial charge in [-0.25, -0.2) is 0 Å².